The molecule has 1 fully saturated rings. The molecule has 1 aliphatic carbocycles. The number of carbonyl (C=O) groups excluding carboxylic acids is 1. The number of hydrogen-bond donors (Lipinski definition) is 1. The minimum absolute atomic E-state index is 0.131. The number of pyridine rings is 1. The Morgan fingerprint density at radius 1 is 1.67 bits per heavy atom. The summed E-state index contributed by atoms with van der Waals surface area (Å²) in [5, 5.41) is 2.58. The zero-order chi connectivity index (χ0) is 10.8. The van der Waals surface area contributed by atoms with E-state index in [1.807, 2.05) is 22.6 Å². The van der Waals surface area contributed by atoms with Crippen LogP contribution in [0.4, 0.5) is 0 Å². The largest absolute Gasteiger partial charge is 0.489 e. The van der Waals surface area contributed by atoms with Crippen molar-refractivity contribution >= 4 is 28.5 Å². The Kier molecular flexibility index (Phi) is 3.08. The summed E-state index contributed by atoms with van der Waals surface area (Å²) >= 11 is 2.04. The van der Waals surface area contributed by atoms with E-state index >= 15 is 0 Å². The van der Waals surface area contributed by atoms with E-state index in [1.165, 1.54) is 0 Å². The van der Waals surface area contributed by atoms with Crippen LogP contribution in [0, 0.1) is 3.70 Å². The third-order valence-electron chi connectivity index (χ3n) is 2.11. The lowest BCUT2D eigenvalue weighted by molar-refractivity contribution is 0.0961. The minimum atomic E-state index is -0.131. The molecule has 0 unspecified atom stereocenters. The van der Waals surface area contributed by atoms with E-state index in [-0.39, 0.29) is 5.91 Å². The molecule has 0 atom stereocenters. The van der Waals surface area contributed by atoms with Crippen LogP contribution in [0.15, 0.2) is 12.3 Å². The van der Waals surface area contributed by atoms with E-state index in [0.717, 1.165) is 12.8 Å². The predicted octanol–water partition coefficient (Wildman–Crippen LogP) is 1.59. The van der Waals surface area contributed by atoms with Crippen molar-refractivity contribution < 1.29 is 9.53 Å². The van der Waals surface area contributed by atoms with Crippen LogP contribution in [0.2, 0.25) is 0 Å². The Hall–Kier alpha value is -0.850. The van der Waals surface area contributed by atoms with Crippen LogP contribution in [0.5, 0.6) is 5.75 Å². The summed E-state index contributed by atoms with van der Waals surface area (Å²) in [5.41, 5.74) is 0.566. The van der Waals surface area contributed by atoms with Gasteiger partial charge in [0, 0.05) is 7.05 Å². The summed E-state index contributed by atoms with van der Waals surface area (Å²) in [5.74, 6) is 0.546. The number of amides is 1. The number of ether oxygens (including phenoxy) is 1. The van der Waals surface area contributed by atoms with Gasteiger partial charge >= 0.3 is 0 Å². The molecule has 1 amide bonds. The summed E-state index contributed by atoms with van der Waals surface area (Å²) in [7, 11) is 1.60. The van der Waals surface area contributed by atoms with E-state index in [1.54, 1.807) is 19.3 Å². The van der Waals surface area contributed by atoms with Crippen molar-refractivity contribution in [1.29, 1.82) is 0 Å². The number of nitrogens with zero attached hydrogens (tertiary/aromatic N) is 1. The van der Waals surface area contributed by atoms with Crippen molar-refractivity contribution in [3.8, 4) is 5.75 Å². The van der Waals surface area contributed by atoms with Crippen LogP contribution in [-0.4, -0.2) is 24.0 Å². The number of nitrogens with one attached hydrogen (secondary N) is 1. The highest BCUT2D eigenvalue weighted by atomic mass is 127. The van der Waals surface area contributed by atoms with Crippen molar-refractivity contribution in [2.45, 2.75) is 18.9 Å². The molecule has 1 saturated carbocycles. The lowest BCUT2D eigenvalue weighted by Crippen LogP contribution is -2.19. The van der Waals surface area contributed by atoms with Crippen LogP contribution in [0.3, 0.4) is 0 Å². The van der Waals surface area contributed by atoms with Gasteiger partial charge in [-0.25, -0.2) is 4.98 Å². The highest BCUT2D eigenvalue weighted by Gasteiger charge is 2.24. The molecule has 0 spiro atoms. The second-order valence-corrected chi connectivity index (χ2v) is 4.43. The van der Waals surface area contributed by atoms with Crippen LogP contribution >= 0.6 is 22.6 Å². The Balaban J connectivity index is 2.22. The lowest BCUT2D eigenvalue weighted by atomic mass is 10.2. The highest BCUT2D eigenvalue weighted by molar-refractivity contribution is 14.1. The smallest absolute Gasteiger partial charge is 0.253 e. The fourth-order valence-corrected chi connectivity index (χ4v) is 1.71. The third-order valence-corrected chi connectivity index (χ3v) is 2.97. The van der Waals surface area contributed by atoms with Gasteiger partial charge in [0.1, 0.15) is 9.45 Å². The van der Waals surface area contributed by atoms with Crippen LogP contribution < -0.4 is 10.1 Å². The van der Waals surface area contributed by atoms with Gasteiger partial charge in [-0.1, -0.05) is 0 Å². The molecule has 0 radical (unpaired) electrons. The summed E-state index contributed by atoms with van der Waals surface area (Å²) in [6.45, 7) is 0. The van der Waals surface area contributed by atoms with Gasteiger partial charge in [0.25, 0.3) is 5.91 Å². The molecule has 0 saturated heterocycles. The Bertz CT molecular complexity index is 391. The van der Waals surface area contributed by atoms with Crippen LogP contribution in [0.25, 0.3) is 0 Å². The first kappa shape index (κ1) is 10.7. The molecule has 1 heterocycles. The second-order valence-electron chi connectivity index (χ2n) is 3.41. The molecule has 1 aliphatic rings. The van der Waals surface area contributed by atoms with Crippen LogP contribution in [0.1, 0.15) is 23.2 Å². The zero-order valence-electron chi connectivity index (χ0n) is 8.29. The molecule has 5 heteroatoms. The number of rotatable bonds is 3. The Morgan fingerprint density at radius 2 is 2.40 bits per heavy atom. The van der Waals surface area contributed by atoms with Crippen molar-refractivity contribution in [1.82, 2.24) is 10.3 Å². The van der Waals surface area contributed by atoms with E-state index < -0.39 is 0 Å². The standard InChI is InChI=1S/C10H11IN2O2/c1-12-10(14)8-4-7(5-13-9(8)11)15-6-2-3-6/h4-6H,2-3H2,1H3,(H,12,14). The maximum atomic E-state index is 11.5. The fraction of sp³-hybridized carbons (Fsp3) is 0.400. The number of hydrogen-bond acceptors (Lipinski definition) is 3. The molecule has 0 aromatic carbocycles. The topological polar surface area (TPSA) is 51.2 Å². The average molecular weight is 318 g/mol. The molecular formula is C10H11IN2O2. The monoisotopic (exact) mass is 318 g/mol. The molecule has 0 aliphatic heterocycles. The minimum Gasteiger partial charge on any atom is -0.489 e. The van der Waals surface area contributed by atoms with Crippen molar-refractivity contribution in [3.05, 3.63) is 21.5 Å². The van der Waals surface area contributed by atoms with Gasteiger partial charge in [-0.15, -0.1) is 0 Å². The average Bonchev–Trinajstić information content (AvgIpc) is 3.04. The van der Waals surface area contributed by atoms with E-state index in [0.29, 0.717) is 21.1 Å². The molecule has 1 aromatic heterocycles. The fourth-order valence-electron chi connectivity index (χ4n) is 1.17. The first-order chi connectivity index (χ1) is 7.20. The van der Waals surface area contributed by atoms with Gasteiger partial charge in [0.2, 0.25) is 0 Å². The molecule has 80 valence electrons. The van der Waals surface area contributed by atoms with Gasteiger partial charge in [-0.3, -0.25) is 4.79 Å². The van der Waals surface area contributed by atoms with Crippen molar-refractivity contribution in [3.63, 3.8) is 0 Å². The zero-order valence-corrected chi connectivity index (χ0v) is 10.4. The molecule has 4 nitrogen and oxygen atoms in total. The van der Waals surface area contributed by atoms with Gasteiger partial charge in [0.15, 0.2) is 0 Å². The summed E-state index contributed by atoms with van der Waals surface area (Å²) in [6, 6.07) is 1.74. The van der Waals surface area contributed by atoms with Crippen molar-refractivity contribution in [2.24, 2.45) is 0 Å². The molecular weight excluding hydrogens is 307 g/mol. The normalized spacial score (nSPS) is 14.8. The Labute approximate surface area is 102 Å². The molecule has 15 heavy (non-hydrogen) atoms. The summed E-state index contributed by atoms with van der Waals surface area (Å²) in [6.07, 6.45) is 4.18. The molecule has 1 aromatic rings. The molecule has 0 bridgehead atoms. The van der Waals surface area contributed by atoms with Gasteiger partial charge < -0.3 is 10.1 Å². The Morgan fingerprint density at radius 3 is 3.00 bits per heavy atom. The number of aromatic nitrogens is 1. The van der Waals surface area contributed by atoms with Crippen LogP contribution in [-0.2, 0) is 0 Å². The predicted molar refractivity (Wildman–Crippen MR) is 64.0 cm³/mol. The molecule has 1 N–H and O–H groups in total. The SMILES string of the molecule is CNC(=O)c1cc(OC2CC2)cnc1I. The van der Waals surface area contributed by atoms with E-state index in [2.05, 4.69) is 10.3 Å². The lowest BCUT2D eigenvalue weighted by Gasteiger charge is -2.07. The first-order valence-electron chi connectivity index (χ1n) is 4.75. The van der Waals surface area contributed by atoms with Crippen molar-refractivity contribution in [2.75, 3.05) is 7.05 Å². The van der Waals surface area contributed by atoms with Gasteiger partial charge in [-0.2, -0.15) is 0 Å². The van der Waals surface area contributed by atoms with E-state index in [4.69, 9.17) is 4.74 Å². The first-order valence-corrected chi connectivity index (χ1v) is 5.83. The highest BCUT2D eigenvalue weighted by Crippen LogP contribution is 2.27. The number of halogens is 1. The van der Waals surface area contributed by atoms with Gasteiger partial charge in [-0.05, 0) is 41.5 Å². The summed E-state index contributed by atoms with van der Waals surface area (Å²) in [4.78, 5) is 15.6. The molecule has 2 rings (SSSR count). The third kappa shape index (κ3) is 2.58. The quantitative estimate of drug-likeness (QED) is 0.680. The van der Waals surface area contributed by atoms with E-state index in [9.17, 15) is 4.79 Å². The number of carbonyl (C=O) groups is 1. The van der Waals surface area contributed by atoms with Gasteiger partial charge in [0.05, 0.1) is 17.9 Å². The second kappa shape index (κ2) is 4.34. The maximum Gasteiger partial charge on any atom is 0.253 e. The maximum absolute atomic E-state index is 11.5. The summed E-state index contributed by atoms with van der Waals surface area (Å²) < 4.78 is 6.26.